The SMILES string of the molecule is C[NH+](CC(=O)Nc1ccc(Cl)cc1)CC(=O)Nc1ccc2c(c1)CCC2. The highest BCUT2D eigenvalue weighted by Crippen LogP contribution is 2.24. The number of rotatable bonds is 6. The van der Waals surface area contributed by atoms with E-state index in [9.17, 15) is 9.59 Å². The summed E-state index contributed by atoms with van der Waals surface area (Å²) >= 11 is 5.83. The first-order chi connectivity index (χ1) is 12.5. The van der Waals surface area contributed by atoms with Crippen molar-refractivity contribution >= 4 is 34.8 Å². The molecule has 1 unspecified atom stereocenters. The molecule has 1 aliphatic carbocycles. The van der Waals surface area contributed by atoms with E-state index in [2.05, 4.69) is 22.8 Å². The van der Waals surface area contributed by atoms with Gasteiger partial charge < -0.3 is 15.5 Å². The number of hydrogen-bond donors (Lipinski definition) is 3. The van der Waals surface area contributed by atoms with Gasteiger partial charge in [-0.3, -0.25) is 9.59 Å². The summed E-state index contributed by atoms with van der Waals surface area (Å²) < 4.78 is 0. The molecule has 0 saturated heterocycles. The Morgan fingerprint density at radius 1 is 0.923 bits per heavy atom. The van der Waals surface area contributed by atoms with Gasteiger partial charge in [0.05, 0.1) is 7.05 Å². The normalized spacial score (nSPS) is 13.8. The number of carbonyl (C=O) groups excluding carboxylic acids is 2. The first-order valence-electron chi connectivity index (χ1n) is 8.78. The van der Waals surface area contributed by atoms with Gasteiger partial charge in [-0.15, -0.1) is 0 Å². The molecule has 1 atom stereocenters. The maximum atomic E-state index is 12.2. The van der Waals surface area contributed by atoms with Gasteiger partial charge in [0.2, 0.25) is 0 Å². The third kappa shape index (κ3) is 5.07. The fourth-order valence-electron chi connectivity index (χ4n) is 3.20. The zero-order valence-electron chi connectivity index (χ0n) is 14.8. The minimum atomic E-state index is -0.143. The van der Waals surface area contributed by atoms with E-state index in [1.807, 2.05) is 13.1 Å². The van der Waals surface area contributed by atoms with Crippen molar-refractivity contribution < 1.29 is 14.5 Å². The molecule has 1 aliphatic rings. The van der Waals surface area contributed by atoms with Crippen LogP contribution in [0.25, 0.3) is 0 Å². The molecule has 0 heterocycles. The summed E-state index contributed by atoms with van der Waals surface area (Å²) in [6, 6.07) is 13.0. The molecule has 0 saturated carbocycles. The molecule has 0 aliphatic heterocycles. The van der Waals surface area contributed by atoms with Crippen molar-refractivity contribution in [3.63, 3.8) is 0 Å². The Morgan fingerprint density at radius 3 is 2.19 bits per heavy atom. The van der Waals surface area contributed by atoms with E-state index in [-0.39, 0.29) is 24.9 Å². The Morgan fingerprint density at radius 2 is 1.50 bits per heavy atom. The van der Waals surface area contributed by atoms with Gasteiger partial charge in [-0.1, -0.05) is 17.7 Å². The predicted molar refractivity (Wildman–Crippen MR) is 104 cm³/mol. The lowest BCUT2D eigenvalue weighted by atomic mass is 10.1. The number of amides is 2. The largest absolute Gasteiger partial charge is 0.322 e. The third-order valence-electron chi connectivity index (χ3n) is 4.43. The van der Waals surface area contributed by atoms with Crippen molar-refractivity contribution in [2.24, 2.45) is 0 Å². The summed E-state index contributed by atoms with van der Waals surface area (Å²) in [5.41, 5.74) is 4.22. The maximum absolute atomic E-state index is 12.2. The first kappa shape index (κ1) is 18.4. The van der Waals surface area contributed by atoms with Crippen molar-refractivity contribution in [1.29, 1.82) is 0 Å². The second-order valence-electron chi connectivity index (χ2n) is 6.75. The van der Waals surface area contributed by atoms with Gasteiger partial charge in [-0.25, -0.2) is 0 Å². The van der Waals surface area contributed by atoms with Crippen LogP contribution in [0.2, 0.25) is 5.02 Å². The number of hydrogen-bond acceptors (Lipinski definition) is 2. The van der Waals surface area contributed by atoms with Gasteiger partial charge in [0.25, 0.3) is 11.8 Å². The molecule has 0 fully saturated rings. The summed E-state index contributed by atoms with van der Waals surface area (Å²) in [6.45, 7) is 0.436. The fraction of sp³-hybridized carbons (Fsp3) is 0.300. The molecule has 2 amide bonds. The Kier molecular flexibility index (Phi) is 5.91. The van der Waals surface area contributed by atoms with Crippen molar-refractivity contribution in [1.82, 2.24) is 0 Å². The average Bonchev–Trinajstić information content (AvgIpc) is 3.04. The number of quaternary nitrogens is 1. The minimum absolute atomic E-state index is 0.0975. The topological polar surface area (TPSA) is 62.6 Å². The maximum Gasteiger partial charge on any atom is 0.279 e. The van der Waals surface area contributed by atoms with E-state index >= 15 is 0 Å². The summed E-state index contributed by atoms with van der Waals surface area (Å²) in [5, 5.41) is 6.35. The van der Waals surface area contributed by atoms with Crippen LogP contribution in [-0.4, -0.2) is 32.0 Å². The molecule has 0 bridgehead atoms. The van der Waals surface area contributed by atoms with Gasteiger partial charge in [0, 0.05) is 16.4 Å². The highest BCUT2D eigenvalue weighted by Gasteiger charge is 2.16. The molecule has 2 aromatic rings. The second-order valence-corrected chi connectivity index (χ2v) is 7.19. The molecule has 0 spiro atoms. The summed E-state index contributed by atoms with van der Waals surface area (Å²) in [7, 11) is 1.82. The Labute approximate surface area is 158 Å². The predicted octanol–water partition coefficient (Wildman–Crippen LogP) is 1.92. The molecule has 3 rings (SSSR count). The van der Waals surface area contributed by atoms with Crippen LogP contribution in [0.4, 0.5) is 11.4 Å². The molecule has 26 heavy (non-hydrogen) atoms. The number of nitrogens with one attached hydrogen (secondary N) is 3. The Hall–Kier alpha value is -2.37. The highest BCUT2D eigenvalue weighted by atomic mass is 35.5. The molecule has 136 valence electrons. The van der Waals surface area contributed by atoms with E-state index in [4.69, 9.17) is 11.6 Å². The van der Waals surface area contributed by atoms with Gasteiger partial charge in [-0.05, 0) is 66.8 Å². The lowest BCUT2D eigenvalue weighted by Gasteiger charge is -2.14. The third-order valence-corrected chi connectivity index (χ3v) is 4.69. The number of anilines is 2. The van der Waals surface area contributed by atoms with Crippen LogP contribution in [0.15, 0.2) is 42.5 Å². The molecule has 0 aromatic heterocycles. The fourth-order valence-corrected chi connectivity index (χ4v) is 3.33. The van der Waals surface area contributed by atoms with Gasteiger partial charge >= 0.3 is 0 Å². The van der Waals surface area contributed by atoms with E-state index in [0.29, 0.717) is 10.7 Å². The number of likely N-dealkylation sites (N-methyl/N-ethyl adjacent to an activating group) is 1. The van der Waals surface area contributed by atoms with Crippen molar-refractivity contribution in [3.05, 3.63) is 58.6 Å². The van der Waals surface area contributed by atoms with Crippen LogP contribution in [0.5, 0.6) is 0 Å². The number of halogens is 1. The van der Waals surface area contributed by atoms with Crippen LogP contribution >= 0.6 is 11.6 Å². The van der Waals surface area contributed by atoms with Crippen LogP contribution < -0.4 is 15.5 Å². The zero-order valence-corrected chi connectivity index (χ0v) is 15.5. The highest BCUT2D eigenvalue weighted by molar-refractivity contribution is 6.30. The van der Waals surface area contributed by atoms with Crippen molar-refractivity contribution in [2.45, 2.75) is 19.3 Å². The number of benzene rings is 2. The molecule has 5 nitrogen and oxygen atoms in total. The van der Waals surface area contributed by atoms with E-state index in [1.54, 1.807) is 24.3 Å². The summed E-state index contributed by atoms with van der Waals surface area (Å²) in [5.74, 6) is -0.241. The number of carbonyl (C=O) groups is 2. The van der Waals surface area contributed by atoms with Crippen molar-refractivity contribution in [3.8, 4) is 0 Å². The van der Waals surface area contributed by atoms with Gasteiger partial charge in [-0.2, -0.15) is 0 Å². The average molecular weight is 373 g/mol. The summed E-state index contributed by atoms with van der Waals surface area (Å²) in [6.07, 6.45) is 3.39. The monoisotopic (exact) mass is 372 g/mol. The minimum Gasteiger partial charge on any atom is -0.322 e. The number of fused-ring (bicyclic) bond motifs is 1. The van der Waals surface area contributed by atoms with E-state index < -0.39 is 0 Å². The number of aryl methyl sites for hydroxylation is 2. The summed E-state index contributed by atoms with van der Waals surface area (Å²) in [4.78, 5) is 25.1. The molecular formula is C20H23ClN3O2+. The second kappa shape index (κ2) is 8.34. The van der Waals surface area contributed by atoms with Crippen LogP contribution in [0.3, 0.4) is 0 Å². The Balaban J connectivity index is 1.46. The lowest BCUT2D eigenvalue weighted by Crippen LogP contribution is -3.11. The smallest absolute Gasteiger partial charge is 0.279 e. The molecule has 2 aromatic carbocycles. The molecule has 0 radical (unpaired) electrons. The van der Waals surface area contributed by atoms with Crippen LogP contribution in [0.1, 0.15) is 17.5 Å². The first-order valence-corrected chi connectivity index (χ1v) is 9.16. The van der Waals surface area contributed by atoms with Crippen molar-refractivity contribution in [2.75, 3.05) is 30.8 Å². The molecule has 3 N–H and O–H groups in total. The van der Waals surface area contributed by atoms with Crippen LogP contribution in [0, 0.1) is 0 Å². The quantitative estimate of drug-likeness (QED) is 0.725. The molecule has 6 heteroatoms. The van der Waals surface area contributed by atoms with Crippen LogP contribution in [-0.2, 0) is 22.4 Å². The van der Waals surface area contributed by atoms with Gasteiger partial charge in [0.15, 0.2) is 13.1 Å². The van der Waals surface area contributed by atoms with E-state index in [1.165, 1.54) is 17.5 Å². The zero-order chi connectivity index (χ0) is 18.5. The standard InChI is InChI=1S/C20H22ClN3O2/c1-24(12-19(25)22-17-9-6-16(21)7-10-17)13-20(26)23-18-8-5-14-3-2-4-15(14)11-18/h5-11H,2-4,12-13H2,1H3,(H,22,25)(H,23,26)/p+1. The van der Waals surface area contributed by atoms with Gasteiger partial charge in [0.1, 0.15) is 0 Å². The molecular weight excluding hydrogens is 350 g/mol. The Bertz CT molecular complexity index is 805. The lowest BCUT2D eigenvalue weighted by molar-refractivity contribution is -0.862. The van der Waals surface area contributed by atoms with E-state index in [0.717, 1.165) is 23.4 Å².